The summed E-state index contributed by atoms with van der Waals surface area (Å²) < 4.78 is 5.59. The maximum Gasteiger partial charge on any atom is 0.408 e. The second-order valence-electron chi connectivity index (χ2n) is 10.00. The van der Waals surface area contributed by atoms with Crippen LogP contribution >= 0.6 is 0 Å². The van der Waals surface area contributed by atoms with Gasteiger partial charge in [0.25, 0.3) is 0 Å². The Morgan fingerprint density at radius 1 is 1.03 bits per heavy atom. The summed E-state index contributed by atoms with van der Waals surface area (Å²) in [5.41, 5.74) is 2.68. The molecule has 2 aliphatic carbocycles. The highest BCUT2D eigenvalue weighted by atomic mass is 16.5. The topological polar surface area (TPSA) is 105 Å². The summed E-state index contributed by atoms with van der Waals surface area (Å²) in [6, 6.07) is 15.1. The molecule has 0 aromatic heterocycles. The zero-order valence-electron chi connectivity index (χ0n) is 19.2. The van der Waals surface area contributed by atoms with Crippen molar-refractivity contribution in [3.8, 4) is 11.1 Å². The Bertz CT molecular complexity index is 1040. The first-order valence-corrected chi connectivity index (χ1v) is 11.3. The summed E-state index contributed by atoms with van der Waals surface area (Å²) in [5, 5.41) is 14.9. The first kappa shape index (κ1) is 22.8. The van der Waals surface area contributed by atoms with Gasteiger partial charge in [-0.05, 0) is 46.9 Å². The molecule has 0 bridgehead atoms. The van der Waals surface area contributed by atoms with Gasteiger partial charge in [0.05, 0.1) is 0 Å². The van der Waals surface area contributed by atoms with Gasteiger partial charge in [0.2, 0.25) is 5.91 Å². The van der Waals surface area contributed by atoms with Gasteiger partial charge in [-0.2, -0.15) is 0 Å². The molecule has 0 spiro atoms. The Balaban J connectivity index is 1.43. The Morgan fingerprint density at radius 3 is 2.03 bits per heavy atom. The number of alkyl carbamates (subject to hydrolysis) is 1. The van der Waals surface area contributed by atoms with Gasteiger partial charge in [0, 0.05) is 5.92 Å². The van der Waals surface area contributed by atoms with Gasteiger partial charge in [0.1, 0.15) is 18.2 Å². The van der Waals surface area contributed by atoms with Crippen molar-refractivity contribution in [2.75, 3.05) is 6.61 Å². The van der Waals surface area contributed by atoms with E-state index in [9.17, 15) is 19.5 Å². The molecule has 2 amide bonds. The van der Waals surface area contributed by atoms with Crippen molar-refractivity contribution in [1.82, 2.24) is 10.6 Å². The highest BCUT2D eigenvalue weighted by molar-refractivity contribution is 5.93. The molecule has 4 rings (SSSR count). The van der Waals surface area contributed by atoms with Crippen molar-refractivity contribution in [2.45, 2.75) is 57.5 Å². The van der Waals surface area contributed by atoms with E-state index in [1.165, 1.54) is 0 Å². The number of amides is 2. The minimum Gasteiger partial charge on any atom is -0.480 e. The van der Waals surface area contributed by atoms with Crippen LogP contribution in [0.3, 0.4) is 0 Å². The number of hydrogen-bond acceptors (Lipinski definition) is 4. The predicted molar refractivity (Wildman–Crippen MR) is 124 cm³/mol. The molecule has 0 radical (unpaired) electrons. The Hall–Kier alpha value is -3.35. The third-order valence-electron chi connectivity index (χ3n) is 6.72. The van der Waals surface area contributed by atoms with Gasteiger partial charge in [-0.25, -0.2) is 9.59 Å². The molecular weight excluding hydrogens is 420 g/mol. The van der Waals surface area contributed by atoms with Crippen molar-refractivity contribution in [3.05, 3.63) is 59.7 Å². The number of fused-ring (bicyclic) bond motifs is 3. The fourth-order valence-corrected chi connectivity index (χ4v) is 4.69. The fourth-order valence-electron chi connectivity index (χ4n) is 4.69. The molecule has 2 aromatic carbocycles. The lowest BCUT2D eigenvalue weighted by Crippen LogP contribution is -2.66. The lowest BCUT2D eigenvalue weighted by Gasteiger charge is -2.42. The van der Waals surface area contributed by atoms with Crippen LogP contribution in [0.15, 0.2) is 48.5 Å². The van der Waals surface area contributed by atoms with Gasteiger partial charge in [-0.3, -0.25) is 4.79 Å². The molecule has 1 unspecified atom stereocenters. The second kappa shape index (κ2) is 8.54. The quantitative estimate of drug-likeness (QED) is 0.616. The number of carbonyl (C=O) groups is 3. The number of rotatable bonds is 6. The van der Waals surface area contributed by atoms with Crippen LogP contribution < -0.4 is 10.6 Å². The molecule has 7 nitrogen and oxygen atoms in total. The minimum atomic E-state index is -1.14. The minimum absolute atomic E-state index is 0.0772. The third kappa shape index (κ3) is 4.32. The molecule has 2 aliphatic rings. The highest BCUT2D eigenvalue weighted by Gasteiger charge is 2.48. The number of nitrogens with one attached hydrogen (secondary N) is 2. The predicted octanol–water partition coefficient (Wildman–Crippen LogP) is 4.06. The molecule has 1 fully saturated rings. The molecule has 2 aromatic rings. The molecule has 0 aliphatic heterocycles. The standard InChI is InChI=1S/C26H30N2O5/c1-25(2,3)21(22(29)30)27-23(31)26(13-8-14-26)28-24(32)33-15-20-18-11-6-4-9-16(18)17-10-5-7-12-19(17)20/h4-7,9-12,20-21H,8,13-15H2,1-3H3,(H,27,31)(H,28,32)(H,29,30). The van der Waals surface area contributed by atoms with E-state index >= 15 is 0 Å². The number of carboxylic acids is 1. The molecule has 0 heterocycles. The van der Waals surface area contributed by atoms with E-state index in [0.29, 0.717) is 12.8 Å². The Kier molecular flexibility index (Phi) is 5.91. The highest BCUT2D eigenvalue weighted by Crippen LogP contribution is 2.44. The molecule has 0 saturated heterocycles. The number of carbonyl (C=O) groups excluding carboxylic acids is 2. The van der Waals surface area contributed by atoms with Crippen molar-refractivity contribution in [1.29, 1.82) is 0 Å². The molecule has 7 heteroatoms. The van der Waals surface area contributed by atoms with Gasteiger partial charge in [-0.15, -0.1) is 0 Å². The molecule has 174 valence electrons. The molecule has 1 saturated carbocycles. The molecule has 33 heavy (non-hydrogen) atoms. The SMILES string of the molecule is CC(C)(C)C(NC(=O)C1(NC(=O)OCC2c3ccccc3-c3ccccc32)CCC1)C(=O)O. The summed E-state index contributed by atoms with van der Waals surface area (Å²) >= 11 is 0. The van der Waals surface area contributed by atoms with Crippen LogP contribution in [-0.4, -0.2) is 41.3 Å². The summed E-state index contributed by atoms with van der Waals surface area (Å²) in [7, 11) is 0. The van der Waals surface area contributed by atoms with Crippen LogP contribution in [0, 0.1) is 5.41 Å². The van der Waals surface area contributed by atoms with Crippen LogP contribution in [0.25, 0.3) is 11.1 Å². The van der Waals surface area contributed by atoms with E-state index in [4.69, 9.17) is 4.74 Å². The van der Waals surface area contributed by atoms with Gasteiger partial charge in [-0.1, -0.05) is 69.3 Å². The van der Waals surface area contributed by atoms with Crippen LogP contribution in [0.1, 0.15) is 57.1 Å². The lowest BCUT2D eigenvalue weighted by atomic mass is 9.75. The molecular formula is C26H30N2O5. The lowest BCUT2D eigenvalue weighted by molar-refractivity contribution is -0.147. The first-order chi connectivity index (χ1) is 15.6. The number of aliphatic carboxylic acids is 1. The number of ether oxygens (including phenoxy) is 1. The Labute approximate surface area is 193 Å². The van der Waals surface area contributed by atoms with Crippen LogP contribution in [-0.2, 0) is 14.3 Å². The average Bonchev–Trinajstić information content (AvgIpc) is 3.05. The van der Waals surface area contributed by atoms with Crippen molar-refractivity contribution in [3.63, 3.8) is 0 Å². The zero-order valence-corrected chi connectivity index (χ0v) is 19.2. The largest absolute Gasteiger partial charge is 0.480 e. The third-order valence-corrected chi connectivity index (χ3v) is 6.72. The summed E-state index contributed by atoms with van der Waals surface area (Å²) in [5.74, 6) is -1.66. The Morgan fingerprint density at radius 2 is 1.58 bits per heavy atom. The average molecular weight is 451 g/mol. The summed E-state index contributed by atoms with van der Waals surface area (Å²) in [4.78, 5) is 37.4. The summed E-state index contributed by atoms with van der Waals surface area (Å²) in [6.45, 7) is 5.40. The number of hydrogen-bond donors (Lipinski definition) is 3. The van der Waals surface area contributed by atoms with E-state index in [0.717, 1.165) is 28.7 Å². The smallest absolute Gasteiger partial charge is 0.408 e. The van der Waals surface area contributed by atoms with E-state index in [-0.39, 0.29) is 12.5 Å². The normalized spacial score (nSPS) is 17.2. The van der Waals surface area contributed by atoms with E-state index < -0.39 is 35.0 Å². The zero-order chi connectivity index (χ0) is 23.8. The van der Waals surface area contributed by atoms with Crippen LogP contribution in [0.4, 0.5) is 4.79 Å². The van der Waals surface area contributed by atoms with Crippen molar-refractivity contribution in [2.24, 2.45) is 5.41 Å². The van der Waals surface area contributed by atoms with Crippen LogP contribution in [0.2, 0.25) is 0 Å². The maximum atomic E-state index is 13.0. The number of benzene rings is 2. The summed E-state index contributed by atoms with van der Waals surface area (Å²) in [6.07, 6.45) is 0.984. The molecule has 1 atom stereocenters. The monoisotopic (exact) mass is 450 g/mol. The molecule has 3 N–H and O–H groups in total. The van der Waals surface area contributed by atoms with Crippen LogP contribution in [0.5, 0.6) is 0 Å². The maximum absolute atomic E-state index is 13.0. The van der Waals surface area contributed by atoms with Gasteiger partial charge in [0.15, 0.2) is 0 Å². The number of carboxylic acid groups (broad SMARTS) is 1. The van der Waals surface area contributed by atoms with Gasteiger partial charge < -0.3 is 20.5 Å². The second-order valence-corrected chi connectivity index (χ2v) is 10.00. The fraction of sp³-hybridized carbons (Fsp3) is 0.423. The van der Waals surface area contributed by atoms with Gasteiger partial charge >= 0.3 is 12.1 Å². The van der Waals surface area contributed by atoms with E-state index in [1.807, 2.05) is 36.4 Å². The van der Waals surface area contributed by atoms with E-state index in [2.05, 4.69) is 22.8 Å². The van der Waals surface area contributed by atoms with Crippen molar-refractivity contribution >= 4 is 18.0 Å². The first-order valence-electron chi connectivity index (χ1n) is 11.3. The van der Waals surface area contributed by atoms with E-state index in [1.54, 1.807) is 20.8 Å². The van der Waals surface area contributed by atoms with Crippen molar-refractivity contribution < 1.29 is 24.2 Å².